The molecule has 0 spiro atoms. The van der Waals surface area contributed by atoms with Crippen molar-refractivity contribution in [1.82, 2.24) is 5.32 Å². The maximum atomic E-state index is 5.62. The monoisotopic (exact) mass is 201 g/mol. The van der Waals surface area contributed by atoms with Gasteiger partial charge in [0, 0.05) is 12.0 Å². The average Bonchev–Trinajstić information content (AvgIpc) is 2.53. The summed E-state index contributed by atoms with van der Waals surface area (Å²) < 4.78 is 11.2. The third kappa shape index (κ3) is 3.56. The summed E-state index contributed by atoms with van der Waals surface area (Å²) in [4.78, 5) is 0. The van der Waals surface area contributed by atoms with Crippen LogP contribution in [0.2, 0.25) is 0 Å². The second-order valence-corrected chi connectivity index (χ2v) is 4.42. The highest BCUT2D eigenvalue weighted by Gasteiger charge is 2.28. The fourth-order valence-electron chi connectivity index (χ4n) is 1.88. The Morgan fingerprint density at radius 2 is 2.21 bits per heavy atom. The summed E-state index contributed by atoms with van der Waals surface area (Å²) in [5.41, 5.74) is 0. The zero-order valence-electron chi connectivity index (χ0n) is 9.75. The zero-order valence-corrected chi connectivity index (χ0v) is 9.75. The minimum absolute atomic E-state index is 0.311. The molecule has 1 aliphatic heterocycles. The van der Waals surface area contributed by atoms with Gasteiger partial charge in [0.2, 0.25) is 0 Å². The molecule has 14 heavy (non-hydrogen) atoms. The maximum Gasteiger partial charge on any atom is 0.0626 e. The highest BCUT2D eigenvalue weighted by atomic mass is 16.5. The van der Waals surface area contributed by atoms with Crippen molar-refractivity contribution in [3.05, 3.63) is 0 Å². The van der Waals surface area contributed by atoms with Crippen LogP contribution in [0.25, 0.3) is 0 Å². The van der Waals surface area contributed by atoms with Crippen LogP contribution in [-0.4, -0.2) is 38.5 Å². The zero-order chi connectivity index (χ0) is 10.6. The first-order valence-corrected chi connectivity index (χ1v) is 5.54. The number of hydrogen-bond donors (Lipinski definition) is 1. The van der Waals surface area contributed by atoms with Crippen LogP contribution >= 0.6 is 0 Å². The first-order valence-electron chi connectivity index (χ1n) is 5.54. The minimum Gasteiger partial charge on any atom is -0.378 e. The molecule has 3 nitrogen and oxygen atoms in total. The molecule has 1 aliphatic rings. The standard InChI is InChI=1S/C11H23NO2/c1-8(2)13-7-11(12-4)10-5-9(3)14-6-10/h8-12H,5-7H2,1-4H3. The fourth-order valence-corrected chi connectivity index (χ4v) is 1.88. The van der Waals surface area contributed by atoms with E-state index in [1.54, 1.807) is 0 Å². The van der Waals surface area contributed by atoms with Gasteiger partial charge in [0.05, 0.1) is 25.4 Å². The van der Waals surface area contributed by atoms with Gasteiger partial charge in [-0.25, -0.2) is 0 Å². The van der Waals surface area contributed by atoms with Crippen LogP contribution < -0.4 is 5.32 Å². The van der Waals surface area contributed by atoms with Crippen molar-refractivity contribution in [2.75, 3.05) is 20.3 Å². The topological polar surface area (TPSA) is 30.5 Å². The molecule has 3 heteroatoms. The summed E-state index contributed by atoms with van der Waals surface area (Å²) in [5, 5.41) is 3.31. The molecule has 0 aromatic heterocycles. The highest BCUT2D eigenvalue weighted by molar-refractivity contribution is 4.81. The van der Waals surface area contributed by atoms with Crippen LogP contribution in [0.4, 0.5) is 0 Å². The van der Waals surface area contributed by atoms with Crippen LogP contribution in [0.5, 0.6) is 0 Å². The second-order valence-electron chi connectivity index (χ2n) is 4.42. The van der Waals surface area contributed by atoms with E-state index in [2.05, 4.69) is 26.1 Å². The Bertz CT molecular complexity index is 161. The highest BCUT2D eigenvalue weighted by Crippen LogP contribution is 2.22. The number of ether oxygens (including phenoxy) is 2. The van der Waals surface area contributed by atoms with Gasteiger partial charge in [-0.05, 0) is 34.2 Å². The molecule has 1 heterocycles. The molecule has 0 amide bonds. The average molecular weight is 201 g/mol. The fraction of sp³-hybridized carbons (Fsp3) is 1.00. The Balaban J connectivity index is 2.30. The number of hydrogen-bond acceptors (Lipinski definition) is 3. The lowest BCUT2D eigenvalue weighted by Gasteiger charge is -2.22. The van der Waals surface area contributed by atoms with Crippen molar-refractivity contribution in [3.63, 3.8) is 0 Å². The summed E-state index contributed by atoms with van der Waals surface area (Å²) in [6.07, 6.45) is 1.87. The molecule has 1 rings (SSSR count). The summed E-state index contributed by atoms with van der Waals surface area (Å²) in [7, 11) is 2.00. The lowest BCUT2D eigenvalue weighted by atomic mass is 9.98. The van der Waals surface area contributed by atoms with Gasteiger partial charge in [-0.3, -0.25) is 0 Å². The first kappa shape index (κ1) is 12.0. The van der Waals surface area contributed by atoms with Gasteiger partial charge in [0.15, 0.2) is 0 Å². The van der Waals surface area contributed by atoms with Gasteiger partial charge in [0.25, 0.3) is 0 Å². The van der Waals surface area contributed by atoms with Gasteiger partial charge < -0.3 is 14.8 Å². The Morgan fingerprint density at radius 1 is 1.50 bits per heavy atom. The van der Waals surface area contributed by atoms with Gasteiger partial charge in [-0.15, -0.1) is 0 Å². The van der Waals surface area contributed by atoms with Crippen molar-refractivity contribution in [2.24, 2.45) is 5.92 Å². The van der Waals surface area contributed by atoms with Crippen LogP contribution in [0, 0.1) is 5.92 Å². The molecule has 84 valence electrons. The molecule has 0 saturated carbocycles. The number of likely N-dealkylation sites (N-methyl/N-ethyl adjacent to an activating group) is 1. The SMILES string of the molecule is CNC(COC(C)C)C1COC(C)C1. The second kappa shape index (κ2) is 5.69. The van der Waals surface area contributed by atoms with Crippen molar-refractivity contribution >= 4 is 0 Å². The summed E-state index contributed by atoms with van der Waals surface area (Å²) in [6, 6.07) is 0.433. The third-order valence-corrected chi connectivity index (χ3v) is 2.78. The maximum absolute atomic E-state index is 5.62. The molecule has 3 unspecified atom stereocenters. The largest absolute Gasteiger partial charge is 0.378 e. The summed E-state index contributed by atoms with van der Waals surface area (Å²) in [5.74, 6) is 0.605. The summed E-state index contributed by atoms with van der Waals surface area (Å²) >= 11 is 0. The Kier molecular flexibility index (Phi) is 4.85. The summed E-state index contributed by atoms with van der Waals surface area (Å²) in [6.45, 7) is 7.93. The van der Waals surface area contributed by atoms with E-state index in [1.807, 2.05) is 7.05 Å². The molecule has 1 fully saturated rings. The molecule has 1 N–H and O–H groups in total. The van der Waals surface area contributed by atoms with Crippen LogP contribution in [0.15, 0.2) is 0 Å². The molecular formula is C11H23NO2. The number of nitrogens with one attached hydrogen (secondary N) is 1. The van der Waals surface area contributed by atoms with E-state index in [-0.39, 0.29) is 0 Å². The van der Waals surface area contributed by atoms with E-state index in [0.29, 0.717) is 24.2 Å². The predicted molar refractivity (Wildman–Crippen MR) is 57.5 cm³/mol. The molecule has 0 aromatic rings. The smallest absolute Gasteiger partial charge is 0.0626 e. The molecule has 0 bridgehead atoms. The van der Waals surface area contributed by atoms with E-state index in [9.17, 15) is 0 Å². The van der Waals surface area contributed by atoms with E-state index in [0.717, 1.165) is 19.6 Å². The van der Waals surface area contributed by atoms with Crippen LogP contribution in [-0.2, 0) is 9.47 Å². The lowest BCUT2D eigenvalue weighted by molar-refractivity contribution is 0.0466. The minimum atomic E-state index is 0.311. The van der Waals surface area contributed by atoms with Gasteiger partial charge in [-0.2, -0.15) is 0 Å². The molecule has 3 atom stereocenters. The van der Waals surface area contributed by atoms with E-state index in [4.69, 9.17) is 9.47 Å². The van der Waals surface area contributed by atoms with Crippen molar-refractivity contribution in [3.8, 4) is 0 Å². The lowest BCUT2D eigenvalue weighted by Crippen LogP contribution is -2.38. The van der Waals surface area contributed by atoms with Crippen molar-refractivity contribution < 1.29 is 9.47 Å². The van der Waals surface area contributed by atoms with Gasteiger partial charge >= 0.3 is 0 Å². The van der Waals surface area contributed by atoms with E-state index < -0.39 is 0 Å². The molecule has 1 saturated heterocycles. The van der Waals surface area contributed by atoms with Gasteiger partial charge in [0.1, 0.15) is 0 Å². The Hall–Kier alpha value is -0.120. The van der Waals surface area contributed by atoms with E-state index >= 15 is 0 Å². The van der Waals surface area contributed by atoms with Crippen molar-refractivity contribution in [2.45, 2.75) is 45.4 Å². The number of rotatable bonds is 5. The van der Waals surface area contributed by atoms with E-state index in [1.165, 1.54) is 0 Å². The molecule has 0 aromatic carbocycles. The van der Waals surface area contributed by atoms with Crippen molar-refractivity contribution in [1.29, 1.82) is 0 Å². The molecule has 0 radical (unpaired) electrons. The Morgan fingerprint density at radius 3 is 2.64 bits per heavy atom. The quantitative estimate of drug-likeness (QED) is 0.730. The van der Waals surface area contributed by atoms with Crippen LogP contribution in [0.3, 0.4) is 0 Å². The normalized spacial score (nSPS) is 29.8. The predicted octanol–water partition coefficient (Wildman–Crippen LogP) is 1.42. The van der Waals surface area contributed by atoms with Gasteiger partial charge in [-0.1, -0.05) is 0 Å². The Labute approximate surface area is 87.2 Å². The third-order valence-electron chi connectivity index (χ3n) is 2.78. The first-order chi connectivity index (χ1) is 6.63. The molecular weight excluding hydrogens is 178 g/mol. The van der Waals surface area contributed by atoms with Crippen LogP contribution in [0.1, 0.15) is 27.2 Å². The molecule has 0 aliphatic carbocycles.